The Kier molecular flexibility index (Phi) is 3.44. The van der Waals surface area contributed by atoms with E-state index in [0.29, 0.717) is 0 Å². The molecule has 2 rings (SSSR count). The molecule has 0 amide bonds. The Morgan fingerprint density at radius 2 is 2.29 bits per heavy atom. The summed E-state index contributed by atoms with van der Waals surface area (Å²) in [5.74, 6) is 0.866. The lowest BCUT2D eigenvalue weighted by atomic mass is 10.2. The molecule has 1 unspecified atom stereocenters. The molecule has 0 bridgehead atoms. The zero-order chi connectivity index (χ0) is 12.3. The van der Waals surface area contributed by atoms with E-state index in [2.05, 4.69) is 15.6 Å². The Bertz CT molecular complexity index is 491. The normalized spacial score (nSPS) is 12.4. The molecule has 0 saturated carbocycles. The molecule has 1 heterocycles. The fourth-order valence-electron chi connectivity index (χ4n) is 1.81. The highest BCUT2D eigenvalue weighted by atomic mass is 16.5. The van der Waals surface area contributed by atoms with E-state index < -0.39 is 0 Å². The first-order chi connectivity index (χ1) is 8.20. The van der Waals surface area contributed by atoms with Gasteiger partial charge in [0, 0.05) is 18.8 Å². The standard InChI is InChI=1S/C13H17N3O/c1-10(14)13-7-15-9-16(13)8-11-4-3-5-12(6-11)17-2/h3-7,9-10H,8,14H2,1-2H3. The molecule has 2 N–H and O–H groups in total. The molecule has 0 radical (unpaired) electrons. The number of imidazole rings is 1. The molecule has 0 aliphatic heterocycles. The van der Waals surface area contributed by atoms with Gasteiger partial charge in [-0.15, -0.1) is 0 Å². The summed E-state index contributed by atoms with van der Waals surface area (Å²) in [6, 6.07) is 7.99. The molecular weight excluding hydrogens is 214 g/mol. The van der Waals surface area contributed by atoms with Crippen molar-refractivity contribution in [2.75, 3.05) is 7.11 Å². The van der Waals surface area contributed by atoms with Gasteiger partial charge in [-0.05, 0) is 24.6 Å². The quantitative estimate of drug-likeness (QED) is 0.875. The topological polar surface area (TPSA) is 53.1 Å². The molecule has 4 heteroatoms. The van der Waals surface area contributed by atoms with Crippen LogP contribution >= 0.6 is 0 Å². The highest BCUT2D eigenvalue weighted by Crippen LogP contribution is 2.16. The molecule has 1 aromatic carbocycles. The van der Waals surface area contributed by atoms with Crippen molar-refractivity contribution in [1.29, 1.82) is 0 Å². The smallest absolute Gasteiger partial charge is 0.119 e. The average molecular weight is 231 g/mol. The number of hydrogen-bond donors (Lipinski definition) is 1. The van der Waals surface area contributed by atoms with Gasteiger partial charge in [-0.2, -0.15) is 0 Å². The minimum absolute atomic E-state index is 0.0110. The van der Waals surface area contributed by atoms with E-state index in [-0.39, 0.29) is 6.04 Å². The van der Waals surface area contributed by atoms with Gasteiger partial charge >= 0.3 is 0 Å². The van der Waals surface area contributed by atoms with Gasteiger partial charge in [0.15, 0.2) is 0 Å². The van der Waals surface area contributed by atoms with Gasteiger partial charge in [0.1, 0.15) is 5.75 Å². The maximum Gasteiger partial charge on any atom is 0.119 e. The molecule has 1 atom stereocenters. The maximum atomic E-state index is 5.88. The van der Waals surface area contributed by atoms with Crippen molar-refractivity contribution in [3.05, 3.63) is 48.0 Å². The number of methoxy groups -OCH3 is 1. The zero-order valence-corrected chi connectivity index (χ0v) is 10.1. The lowest BCUT2D eigenvalue weighted by molar-refractivity contribution is 0.414. The third-order valence-corrected chi connectivity index (χ3v) is 2.70. The highest BCUT2D eigenvalue weighted by molar-refractivity contribution is 5.28. The number of hydrogen-bond acceptors (Lipinski definition) is 3. The van der Waals surface area contributed by atoms with Crippen molar-refractivity contribution in [3.63, 3.8) is 0 Å². The van der Waals surface area contributed by atoms with Crippen LogP contribution in [0.2, 0.25) is 0 Å². The van der Waals surface area contributed by atoms with Gasteiger partial charge in [-0.3, -0.25) is 0 Å². The van der Waals surface area contributed by atoms with Crippen LogP contribution in [-0.2, 0) is 6.54 Å². The van der Waals surface area contributed by atoms with E-state index in [1.165, 1.54) is 5.56 Å². The molecular formula is C13H17N3O. The maximum absolute atomic E-state index is 5.88. The highest BCUT2D eigenvalue weighted by Gasteiger charge is 2.07. The molecule has 4 nitrogen and oxygen atoms in total. The number of nitrogens with zero attached hydrogens (tertiary/aromatic N) is 2. The third kappa shape index (κ3) is 2.65. The summed E-state index contributed by atoms with van der Waals surface area (Å²) < 4.78 is 7.26. The van der Waals surface area contributed by atoms with Gasteiger partial charge in [0.2, 0.25) is 0 Å². The Morgan fingerprint density at radius 3 is 3.00 bits per heavy atom. The van der Waals surface area contributed by atoms with Crippen molar-refractivity contribution in [3.8, 4) is 5.75 Å². The second kappa shape index (κ2) is 5.01. The molecule has 0 spiro atoms. The van der Waals surface area contributed by atoms with E-state index in [1.807, 2.05) is 31.3 Å². The third-order valence-electron chi connectivity index (χ3n) is 2.70. The molecule has 0 saturated heterocycles. The fraction of sp³-hybridized carbons (Fsp3) is 0.308. The minimum atomic E-state index is -0.0110. The average Bonchev–Trinajstić information content (AvgIpc) is 2.77. The Hall–Kier alpha value is -1.81. The number of nitrogens with two attached hydrogens (primary N) is 1. The first kappa shape index (κ1) is 11.7. The Morgan fingerprint density at radius 1 is 1.47 bits per heavy atom. The second-order valence-electron chi connectivity index (χ2n) is 4.09. The van der Waals surface area contributed by atoms with Gasteiger partial charge in [-0.25, -0.2) is 4.98 Å². The molecule has 0 fully saturated rings. The number of ether oxygens (including phenoxy) is 1. The lowest BCUT2D eigenvalue weighted by Crippen LogP contribution is -2.12. The zero-order valence-electron chi connectivity index (χ0n) is 10.1. The van der Waals surface area contributed by atoms with Crippen LogP contribution in [0.5, 0.6) is 5.75 Å². The minimum Gasteiger partial charge on any atom is -0.497 e. The van der Waals surface area contributed by atoms with Crippen molar-refractivity contribution >= 4 is 0 Å². The predicted octanol–water partition coefficient (Wildman–Crippen LogP) is 1.96. The predicted molar refractivity (Wildman–Crippen MR) is 66.9 cm³/mol. The summed E-state index contributed by atoms with van der Waals surface area (Å²) >= 11 is 0. The van der Waals surface area contributed by atoms with E-state index in [9.17, 15) is 0 Å². The summed E-state index contributed by atoms with van der Waals surface area (Å²) in [6.45, 7) is 2.72. The van der Waals surface area contributed by atoms with Gasteiger partial charge in [-0.1, -0.05) is 12.1 Å². The van der Waals surface area contributed by atoms with E-state index in [0.717, 1.165) is 18.0 Å². The monoisotopic (exact) mass is 231 g/mol. The van der Waals surface area contributed by atoms with Crippen molar-refractivity contribution < 1.29 is 4.74 Å². The van der Waals surface area contributed by atoms with Crippen LogP contribution in [0, 0.1) is 0 Å². The second-order valence-corrected chi connectivity index (χ2v) is 4.09. The van der Waals surface area contributed by atoms with E-state index in [1.54, 1.807) is 13.4 Å². The molecule has 0 aliphatic carbocycles. The summed E-state index contributed by atoms with van der Waals surface area (Å²) in [7, 11) is 1.67. The SMILES string of the molecule is COc1cccc(Cn2cncc2C(C)N)c1. The van der Waals surface area contributed by atoms with Crippen LogP contribution < -0.4 is 10.5 Å². The summed E-state index contributed by atoms with van der Waals surface area (Å²) in [5.41, 5.74) is 8.09. The first-order valence-corrected chi connectivity index (χ1v) is 5.59. The van der Waals surface area contributed by atoms with Crippen LogP contribution in [0.1, 0.15) is 24.2 Å². The molecule has 17 heavy (non-hydrogen) atoms. The summed E-state index contributed by atoms with van der Waals surface area (Å²) in [6.07, 6.45) is 3.61. The summed E-state index contributed by atoms with van der Waals surface area (Å²) in [4.78, 5) is 4.13. The van der Waals surface area contributed by atoms with Gasteiger partial charge < -0.3 is 15.0 Å². The van der Waals surface area contributed by atoms with Crippen LogP contribution in [-0.4, -0.2) is 16.7 Å². The van der Waals surface area contributed by atoms with E-state index >= 15 is 0 Å². The van der Waals surface area contributed by atoms with Crippen molar-refractivity contribution in [1.82, 2.24) is 9.55 Å². The number of benzene rings is 1. The van der Waals surface area contributed by atoms with Crippen molar-refractivity contribution in [2.45, 2.75) is 19.5 Å². The van der Waals surface area contributed by atoms with Crippen LogP contribution in [0.25, 0.3) is 0 Å². The Labute approximate surface area is 101 Å². The summed E-state index contributed by atoms with van der Waals surface area (Å²) in [5, 5.41) is 0. The number of aromatic nitrogens is 2. The van der Waals surface area contributed by atoms with E-state index in [4.69, 9.17) is 10.5 Å². The number of rotatable bonds is 4. The van der Waals surface area contributed by atoms with Gasteiger partial charge in [0.25, 0.3) is 0 Å². The molecule has 90 valence electrons. The molecule has 0 aliphatic rings. The largest absolute Gasteiger partial charge is 0.497 e. The van der Waals surface area contributed by atoms with Crippen LogP contribution in [0.3, 0.4) is 0 Å². The van der Waals surface area contributed by atoms with Gasteiger partial charge in [0.05, 0.1) is 19.1 Å². The first-order valence-electron chi connectivity index (χ1n) is 5.59. The van der Waals surface area contributed by atoms with Crippen LogP contribution in [0.15, 0.2) is 36.8 Å². The fourth-order valence-corrected chi connectivity index (χ4v) is 1.81. The molecule has 2 aromatic rings. The lowest BCUT2D eigenvalue weighted by Gasteiger charge is -2.11. The Balaban J connectivity index is 2.22. The molecule has 1 aromatic heterocycles. The van der Waals surface area contributed by atoms with Crippen LogP contribution in [0.4, 0.5) is 0 Å². The van der Waals surface area contributed by atoms with Crippen molar-refractivity contribution in [2.24, 2.45) is 5.73 Å².